The molecule has 1 saturated heterocycles. The number of carbonyl (C=O) groups is 1. The molecular weight excluding hydrogens is 498 g/mol. The molecule has 0 unspecified atom stereocenters. The molecule has 0 N–H and O–H groups in total. The molecule has 4 aromatic rings. The summed E-state index contributed by atoms with van der Waals surface area (Å²) < 4.78 is 35.7. The highest BCUT2D eigenvalue weighted by Crippen LogP contribution is 2.40. The van der Waals surface area contributed by atoms with Gasteiger partial charge < -0.3 is 14.2 Å². The average molecular weight is 528 g/mol. The maximum absolute atomic E-state index is 13.6. The first-order valence-corrected chi connectivity index (χ1v) is 14.3. The fourth-order valence-electron chi connectivity index (χ4n) is 5.34. The molecule has 0 bridgehead atoms. The Morgan fingerprint density at radius 2 is 1.68 bits per heavy atom. The van der Waals surface area contributed by atoms with E-state index >= 15 is 0 Å². The Morgan fingerprint density at radius 3 is 2.45 bits per heavy atom. The quantitative estimate of drug-likeness (QED) is 0.343. The van der Waals surface area contributed by atoms with Crippen LogP contribution >= 0.6 is 0 Å². The van der Waals surface area contributed by atoms with Gasteiger partial charge in [0.15, 0.2) is 0 Å². The molecule has 7 nitrogen and oxygen atoms in total. The van der Waals surface area contributed by atoms with E-state index in [-0.39, 0.29) is 10.8 Å². The van der Waals surface area contributed by atoms with E-state index in [1.165, 1.54) is 9.87 Å². The third-order valence-electron chi connectivity index (χ3n) is 7.26. The summed E-state index contributed by atoms with van der Waals surface area (Å²) in [6, 6.07) is 23.4. The molecule has 194 valence electrons. The van der Waals surface area contributed by atoms with Gasteiger partial charge in [-0.2, -0.15) is 4.31 Å². The van der Waals surface area contributed by atoms with E-state index in [1.54, 1.807) is 23.1 Å². The Hall–Kier alpha value is -3.72. The van der Waals surface area contributed by atoms with Crippen molar-refractivity contribution in [3.8, 4) is 0 Å². The molecule has 2 aliphatic heterocycles. The number of ether oxygens (including phenoxy) is 1. The summed E-state index contributed by atoms with van der Waals surface area (Å²) in [4.78, 5) is 15.5. The Bertz CT molecular complexity index is 1650. The van der Waals surface area contributed by atoms with Crippen molar-refractivity contribution in [2.75, 3.05) is 37.7 Å². The molecule has 0 aliphatic carbocycles. The van der Waals surface area contributed by atoms with Gasteiger partial charge in [-0.25, -0.2) is 8.42 Å². The van der Waals surface area contributed by atoms with Crippen LogP contribution in [-0.4, -0.2) is 56.0 Å². The van der Waals surface area contributed by atoms with E-state index < -0.39 is 10.0 Å². The number of nitrogens with zero attached hydrogens (tertiary/aromatic N) is 3. The maximum atomic E-state index is 13.6. The van der Waals surface area contributed by atoms with Gasteiger partial charge in [0.1, 0.15) is 0 Å². The van der Waals surface area contributed by atoms with E-state index in [0.717, 1.165) is 22.2 Å². The molecule has 1 fully saturated rings. The van der Waals surface area contributed by atoms with E-state index in [2.05, 4.69) is 35.0 Å². The van der Waals surface area contributed by atoms with Crippen molar-refractivity contribution in [2.24, 2.45) is 0 Å². The molecule has 0 atom stereocenters. The number of carbonyl (C=O) groups excluding carboxylic acids is 1. The number of rotatable bonds is 6. The minimum absolute atomic E-state index is 0.122. The minimum atomic E-state index is -3.69. The molecule has 3 heterocycles. The fourth-order valence-corrected chi connectivity index (χ4v) is 6.78. The molecule has 6 rings (SSSR count). The van der Waals surface area contributed by atoms with Crippen LogP contribution in [0.4, 0.5) is 5.69 Å². The highest BCUT2D eigenvalue weighted by atomic mass is 32.2. The van der Waals surface area contributed by atoms with Crippen LogP contribution in [0.5, 0.6) is 0 Å². The van der Waals surface area contributed by atoms with Gasteiger partial charge in [0.2, 0.25) is 10.0 Å². The number of para-hydroxylation sites is 1. The molecule has 3 aromatic carbocycles. The van der Waals surface area contributed by atoms with Gasteiger partial charge >= 0.3 is 0 Å². The number of fused-ring (bicyclic) bond motifs is 2. The fraction of sp³-hybridized carbons (Fsp3) is 0.233. The van der Waals surface area contributed by atoms with Gasteiger partial charge in [-0.3, -0.25) is 4.79 Å². The summed E-state index contributed by atoms with van der Waals surface area (Å²) in [5.74, 6) is -0.122. The van der Waals surface area contributed by atoms with E-state index in [4.69, 9.17) is 4.74 Å². The Balaban J connectivity index is 1.45. The Morgan fingerprint density at radius 1 is 0.947 bits per heavy atom. The van der Waals surface area contributed by atoms with Gasteiger partial charge in [0, 0.05) is 60.0 Å². The van der Waals surface area contributed by atoms with Crippen molar-refractivity contribution in [2.45, 2.75) is 18.4 Å². The standard InChI is InChI=1S/C30H29N3O4S/c1-2-33-29-13-12-24(38(35,36)32-14-16-37-17-15-32)19-26(29)27(30(33)34)18-23-21-31(20-22-8-4-3-5-9-22)28-11-7-6-10-25(23)28/h3-13,18-19,21H,2,14-17,20H2,1H3. The van der Waals surface area contributed by atoms with Crippen LogP contribution in [0, 0.1) is 0 Å². The Kier molecular flexibility index (Phi) is 6.39. The topological polar surface area (TPSA) is 71.9 Å². The van der Waals surface area contributed by atoms with Crippen LogP contribution in [0.1, 0.15) is 23.6 Å². The lowest BCUT2D eigenvalue weighted by Crippen LogP contribution is -2.40. The largest absolute Gasteiger partial charge is 0.379 e. The molecule has 1 amide bonds. The maximum Gasteiger partial charge on any atom is 0.258 e. The lowest BCUT2D eigenvalue weighted by Gasteiger charge is -2.26. The van der Waals surface area contributed by atoms with Crippen molar-refractivity contribution >= 4 is 44.2 Å². The second-order valence-electron chi connectivity index (χ2n) is 9.52. The van der Waals surface area contributed by atoms with Gasteiger partial charge in [-0.1, -0.05) is 48.5 Å². The smallest absolute Gasteiger partial charge is 0.258 e. The van der Waals surface area contributed by atoms with Crippen molar-refractivity contribution < 1.29 is 17.9 Å². The number of benzene rings is 3. The first-order valence-electron chi connectivity index (χ1n) is 12.8. The molecular formula is C30H29N3O4S. The summed E-state index contributed by atoms with van der Waals surface area (Å²) in [6.07, 6.45) is 3.98. The number of likely N-dealkylation sites (N-methyl/N-ethyl adjacent to an activating group) is 1. The second kappa shape index (κ2) is 9.87. The first kappa shape index (κ1) is 24.6. The molecule has 8 heteroatoms. The van der Waals surface area contributed by atoms with Crippen molar-refractivity contribution in [1.29, 1.82) is 0 Å². The third kappa shape index (κ3) is 4.24. The minimum Gasteiger partial charge on any atom is -0.379 e. The van der Waals surface area contributed by atoms with Crippen LogP contribution in [0.2, 0.25) is 0 Å². The molecule has 1 aromatic heterocycles. The van der Waals surface area contributed by atoms with Crippen LogP contribution in [-0.2, 0) is 26.1 Å². The molecule has 0 radical (unpaired) electrons. The lowest BCUT2D eigenvalue weighted by atomic mass is 10.0. The van der Waals surface area contributed by atoms with Crippen molar-refractivity contribution in [3.05, 3.63) is 95.7 Å². The highest BCUT2D eigenvalue weighted by molar-refractivity contribution is 7.89. The SMILES string of the molecule is CCN1C(=O)C(=Cc2cn(Cc3ccccc3)c3ccccc23)c2cc(S(=O)(=O)N3CCOCC3)ccc21. The number of morpholine rings is 1. The first-order chi connectivity index (χ1) is 18.5. The predicted molar refractivity (Wildman–Crippen MR) is 149 cm³/mol. The second-order valence-corrected chi connectivity index (χ2v) is 11.5. The number of sulfonamides is 1. The summed E-state index contributed by atoms with van der Waals surface area (Å²) in [5, 5.41) is 1.04. The molecule has 2 aliphatic rings. The number of hydrogen-bond acceptors (Lipinski definition) is 4. The number of anilines is 1. The van der Waals surface area contributed by atoms with Crippen LogP contribution in [0.25, 0.3) is 22.6 Å². The van der Waals surface area contributed by atoms with Crippen LogP contribution < -0.4 is 4.90 Å². The summed E-state index contributed by atoms with van der Waals surface area (Å²) in [7, 11) is -3.69. The van der Waals surface area contributed by atoms with Gasteiger partial charge in [0.05, 0.1) is 23.8 Å². The monoisotopic (exact) mass is 527 g/mol. The van der Waals surface area contributed by atoms with Crippen LogP contribution in [0.3, 0.4) is 0 Å². The van der Waals surface area contributed by atoms with Crippen LogP contribution in [0.15, 0.2) is 83.9 Å². The predicted octanol–water partition coefficient (Wildman–Crippen LogP) is 4.62. The lowest BCUT2D eigenvalue weighted by molar-refractivity contribution is -0.112. The average Bonchev–Trinajstić information content (AvgIpc) is 3.43. The van der Waals surface area contributed by atoms with E-state index in [9.17, 15) is 13.2 Å². The van der Waals surface area contributed by atoms with Gasteiger partial charge in [0.25, 0.3) is 5.91 Å². The zero-order valence-corrected chi connectivity index (χ0v) is 22.0. The number of aromatic nitrogens is 1. The van der Waals surface area contributed by atoms with E-state index in [0.29, 0.717) is 50.5 Å². The summed E-state index contributed by atoms with van der Waals surface area (Å²) in [6.45, 7) is 4.53. The Labute approximate surface area is 222 Å². The summed E-state index contributed by atoms with van der Waals surface area (Å²) >= 11 is 0. The van der Waals surface area contributed by atoms with Gasteiger partial charge in [-0.05, 0) is 42.8 Å². The zero-order valence-electron chi connectivity index (χ0n) is 21.2. The highest BCUT2D eigenvalue weighted by Gasteiger charge is 2.34. The van der Waals surface area contributed by atoms with Crippen molar-refractivity contribution in [1.82, 2.24) is 8.87 Å². The molecule has 38 heavy (non-hydrogen) atoms. The molecule has 0 spiro atoms. The molecule has 0 saturated carbocycles. The normalized spacial score (nSPS) is 17.4. The zero-order chi connectivity index (χ0) is 26.3. The van der Waals surface area contributed by atoms with Crippen molar-refractivity contribution in [3.63, 3.8) is 0 Å². The number of amides is 1. The van der Waals surface area contributed by atoms with Gasteiger partial charge in [-0.15, -0.1) is 0 Å². The third-order valence-corrected chi connectivity index (χ3v) is 9.16. The number of hydrogen-bond donors (Lipinski definition) is 0. The van der Waals surface area contributed by atoms with E-state index in [1.807, 2.05) is 43.3 Å². The summed E-state index contributed by atoms with van der Waals surface area (Å²) in [5.41, 5.74) is 5.06.